The fourth-order valence-corrected chi connectivity index (χ4v) is 2.06. The van der Waals surface area contributed by atoms with Crippen LogP contribution in [-0.2, 0) is 9.84 Å². The lowest BCUT2D eigenvalue weighted by atomic mass is 9.80. The van der Waals surface area contributed by atoms with Gasteiger partial charge in [-0.2, -0.15) is 0 Å². The molecule has 0 fully saturated rings. The topological polar surface area (TPSA) is 83.8 Å². The number of sulfone groups is 1. The maximum absolute atomic E-state index is 11.4. The molecule has 0 aliphatic heterocycles. The van der Waals surface area contributed by atoms with Crippen molar-refractivity contribution in [1.82, 2.24) is 0 Å². The summed E-state index contributed by atoms with van der Waals surface area (Å²) in [5, 5.41) is 17.9. The highest BCUT2D eigenvalue weighted by atomic mass is 32.2. The molecule has 16 heavy (non-hydrogen) atoms. The van der Waals surface area contributed by atoms with E-state index in [-0.39, 0.29) is 16.1 Å². The van der Waals surface area contributed by atoms with Crippen molar-refractivity contribution in [1.29, 1.82) is 0 Å². The van der Waals surface area contributed by atoms with Gasteiger partial charge in [0.1, 0.15) is 10.6 Å². The molecule has 0 aromatic heterocycles. The normalized spacial score (nSPS) is 11.2. The van der Waals surface area contributed by atoms with Crippen LogP contribution in [0.2, 0.25) is 0 Å². The first-order chi connectivity index (χ1) is 7.36. The summed E-state index contributed by atoms with van der Waals surface area (Å²) in [6.07, 6.45) is 1.07. The minimum absolute atomic E-state index is 0.0405. The van der Waals surface area contributed by atoms with Crippen LogP contribution in [0.25, 0.3) is 0 Å². The third-order valence-corrected chi connectivity index (χ3v) is 3.10. The van der Waals surface area contributed by atoms with E-state index in [1.807, 2.05) is 0 Å². The third-order valence-electron chi connectivity index (χ3n) is 1.97. The lowest BCUT2D eigenvalue weighted by Crippen LogP contribution is -2.30. The molecule has 5 nitrogen and oxygen atoms in total. The molecule has 0 saturated heterocycles. The summed E-state index contributed by atoms with van der Waals surface area (Å²) in [5.41, 5.74) is 0.191. The van der Waals surface area contributed by atoms with Gasteiger partial charge < -0.3 is 14.8 Å². The van der Waals surface area contributed by atoms with Crippen LogP contribution in [0.1, 0.15) is 6.92 Å². The molecule has 0 saturated carbocycles. The van der Waals surface area contributed by atoms with Crippen LogP contribution >= 0.6 is 0 Å². The van der Waals surface area contributed by atoms with Gasteiger partial charge in [-0.3, -0.25) is 0 Å². The van der Waals surface area contributed by atoms with E-state index in [0.29, 0.717) is 6.61 Å². The number of ether oxygens (including phenoxy) is 1. The Labute approximate surface area is 94.7 Å². The molecule has 0 aliphatic carbocycles. The number of rotatable bonds is 4. The Morgan fingerprint density at radius 1 is 1.38 bits per heavy atom. The van der Waals surface area contributed by atoms with Crippen LogP contribution in [0.15, 0.2) is 23.1 Å². The van der Waals surface area contributed by atoms with E-state index in [0.717, 1.165) is 6.26 Å². The second kappa shape index (κ2) is 4.86. The summed E-state index contributed by atoms with van der Waals surface area (Å²) in [5.74, 6) is 0.135. The SMILES string of the molecule is CCOc1cc(B(O)O)ccc1S(C)(=O)=O. The molecular formula is C9H13BO5S. The van der Waals surface area contributed by atoms with E-state index in [4.69, 9.17) is 14.8 Å². The zero-order chi connectivity index (χ0) is 12.3. The summed E-state index contributed by atoms with van der Waals surface area (Å²) in [7, 11) is -5.03. The van der Waals surface area contributed by atoms with E-state index in [2.05, 4.69) is 0 Å². The highest BCUT2D eigenvalue weighted by Gasteiger charge is 2.18. The van der Waals surface area contributed by atoms with Gasteiger partial charge >= 0.3 is 7.12 Å². The largest absolute Gasteiger partial charge is 0.493 e. The van der Waals surface area contributed by atoms with Crippen molar-refractivity contribution in [2.75, 3.05) is 12.9 Å². The highest BCUT2D eigenvalue weighted by Crippen LogP contribution is 2.22. The molecule has 1 aromatic carbocycles. The minimum Gasteiger partial charge on any atom is -0.493 e. The van der Waals surface area contributed by atoms with Gasteiger partial charge in [0.2, 0.25) is 0 Å². The van der Waals surface area contributed by atoms with Crippen molar-refractivity contribution in [3.8, 4) is 5.75 Å². The first kappa shape index (κ1) is 13.0. The molecule has 0 bridgehead atoms. The van der Waals surface area contributed by atoms with Crippen LogP contribution in [0.5, 0.6) is 5.75 Å². The minimum atomic E-state index is -3.39. The Morgan fingerprint density at radius 3 is 2.44 bits per heavy atom. The molecular weight excluding hydrogens is 231 g/mol. The first-order valence-electron chi connectivity index (χ1n) is 4.69. The summed E-state index contributed by atoms with van der Waals surface area (Å²) < 4.78 is 28.0. The fourth-order valence-electron chi connectivity index (χ4n) is 1.26. The van der Waals surface area contributed by atoms with Crippen molar-refractivity contribution >= 4 is 22.4 Å². The van der Waals surface area contributed by atoms with E-state index in [9.17, 15) is 8.42 Å². The summed E-state index contributed by atoms with van der Waals surface area (Å²) in [4.78, 5) is 0.0405. The summed E-state index contributed by atoms with van der Waals surface area (Å²) in [6.45, 7) is 2.02. The maximum atomic E-state index is 11.4. The van der Waals surface area contributed by atoms with Crippen LogP contribution in [0.4, 0.5) is 0 Å². The number of benzene rings is 1. The Kier molecular flexibility index (Phi) is 3.95. The molecule has 1 rings (SSSR count). The molecule has 0 spiro atoms. The van der Waals surface area contributed by atoms with Crippen molar-refractivity contribution in [3.05, 3.63) is 18.2 Å². The molecule has 7 heteroatoms. The Balaban J connectivity index is 3.30. The Hall–Kier alpha value is -1.05. The van der Waals surface area contributed by atoms with Crippen LogP contribution in [0, 0.1) is 0 Å². The molecule has 0 aliphatic rings. The van der Waals surface area contributed by atoms with E-state index in [1.54, 1.807) is 6.92 Å². The molecule has 2 N–H and O–H groups in total. The Morgan fingerprint density at radius 2 is 2.00 bits per heavy atom. The van der Waals surface area contributed by atoms with Gasteiger partial charge in [0.15, 0.2) is 9.84 Å². The van der Waals surface area contributed by atoms with E-state index < -0.39 is 17.0 Å². The summed E-state index contributed by atoms with van der Waals surface area (Å²) >= 11 is 0. The fraction of sp³-hybridized carbons (Fsp3) is 0.333. The van der Waals surface area contributed by atoms with Gasteiger partial charge in [-0.05, 0) is 24.5 Å². The van der Waals surface area contributed by atoms with Crippen molar-refractivity contribution in [3.63, 3.8) is 0 Å². The average molecular weight is 244 g/mol. The van der Waals surface area contributed by atoms with Crippen molar-refractivity contribution < 1.29 is 23.2 Å². The molecule has 1 aromatic rings. The average Bonchev–Trinajstić information content (AvgIpc) is 2.16. The monoisotopic (exact) mass is 244 g/mol. The molecule has 0 heterocycles. The molecule has 0 atom stereocenters. The van der Waals surface area contributed by atoms with Crippen LogP contribution in [-0.4, -0.2) is 38.4 Å². The van der Waals surface area contributed by atoms with Crippen molar-refractivity contribution in [2.24, 2.45) is 0 Å². The first-order valence-corrected chi connectivity index (χ1v) is 6.58. The third kappa shape index (κ3) is 2.97. The summed E-state index contributed by atoms with van der Waals surface area (Å²) in [6, 6.07) is 3.95. The van der Waals surface area contributed by atoms with Gasteiger partial charge in [-0.1, -0.05) is 6.07 Å². The van der Waals surface area contributed by atoms with Crippen molar-refractivity contribution in [2.45, 2.75) is 11.8 Å². The van der Waals surface area contributed by atoms with Crippen LogP contribution in [0.3, 0.4) is 0 Å². The quantitative estimate of drug-likeness (QED) is 0.675. The standard InChI is InChI=1S/C9H13BO5S/c1-3-15-8-6-7(10(11)12)4-5-9(8)16(2,13)14/h4-6,11-12H,3H2,1-2H3. The van der Waals surface area contributed by atoms with Gasteiger partial charge in [0.05, 0.1) is 6.61 Å². The predicted molar refractivity (Wildman–Crippen MR) is 60.5 cm³/mol. The number of hydrogen-bond acceptors (Lipinski definition) is 5. The van der Waals surface area contributed by atoms with Crippen LogP contribution < -0.4 is 10.2 Å². The van der Waals surface area contributed by atoms with Gasteiger partial charge in [0, 0.05) is 6.26 Å². The molecule has 0 amide bonds. The number of hydrogen-bond donors (Lipinski definition) is 2. The lowest BCUT2D eigenvalue weighted by Gasteiger charge is -2.10. The lowest BCUT2D eigenvalue weighted by molar-refractivity contribution is 0.331. The van der Waals surface area contributed by atoms with E-state index >= 15 is 0 Å². The molecule has 0 unspecified atom stereocenters. The second-order valence-electron chi connectivity index (χ2n) is 3.29. The second-order valence-corrected chi connectivity index (χ2v) is 5.27. The van der Waals surface area contributed by atoms with E-state index in [1.165, 1.54) is 18.2 Å². The zero-order valence-corrected chi connectivity index (χ0v) is 9.86. The van der Waals surface area contributed by atoms with Gasteiger partial charge in [-0.15, -0.1) is 0 Å². The molecule has 0 radical (unpaired) electrons. The highest BCUT2D eigenvalue weighted by molar-refractivity contribution is 7.90. The maximum Gasteiger partial charge on any atom is 0.488 e. The smallest absolute Gasteiger partial charge is 0.488 e. The zero-order valence-electron chi connectivity index (χ0n) is 9.04. The Bertz CT molecular complexity index is 469. The molecule has 88 valence electrons. The van der Waals surface area contributed by atoms with Gasteiger partial charge in [-0.25, -0.2) is 8.42 Å². The predicted octanol–water partition coefficient (Wildman–Crippen LogP) is -0.831. The van der Waals surface area contributed by atoms with Gasteiger partial charge in [0.25, 0.3) is 0 Å².